The molecule has 2 rings (SSSR count). The molecule has 0 radical (unpaired) electrons. The van der Waals surface area contributed by atoms with E-state index in [2.05, 4.69) is 10.1 Å². The number of esters is 1. The minimum absolute atomic E-state index is 0.141. The third-order valence-corrected chi connectivity index (χ3v) is 4.96. The zero-order valence-corrected chi connectivity index (χ0v) is 17.2. The Morgan fingerprint density at radius 1 is 1.06 bits per heavy atom. The summed E-state index contributed by atoms with van der Waals surface area (Å²) in [5, 5.41) is 13.5. The van der Waals surface area contributed by atoms with Gasteiger partial charge in [0.2, 0.25) is 0 Å². The van der Waals surface area contributed by atoms with Crippen LogP contribution in [-0.4, -0.2) is 39.1 Å². The van der Waals surface area contributed by atoms with Gasteiger partial charge in [-0.25, -0.2) is 9.59 Å². The maximum absolute atomic E-state index is 12.9. The summed E-state index contributed by atoms with van der Waals surface area (Å²) in [5.74, 6) is -2.13. The first-order valence-corrected chi connectivity index (χ1v) is 10.1. The number of ether oxygens (including phenoxy) is 2. The first-order valence-electron chi connectivity index (χ1n) is 8.71. The lowest BCUT2D eigenvalue weighted by molar-refractivity contribution is -0.387. The molecule has 0 aromatic heterocycles. The van der Waals surface area contributed by atoms with Gasteiger partial charge in [-0.1, -0.05) is 42.5 Å². The van der Waals surface area contributed by atoms with Gasteiger partial charge in [-0.2, -0.15) is 8.42 Å². The van der Waals surface area contributed by atoms with Crippen LogP contribution in [0, 0.1) is 10.1 Å². The van der Waals surface area contributed by atoms with E-state index in [-0.39, 0.29) is 17.9 Å². The summed E-state index contributed by atoms with van der Waals surface area (Å²) in [6.07, 6.45) is -1.02. The number of hydrogen-bond donors (Lipinski definition) is 1. The van der Waals surface area contributed by atoms with Gasteiger partial charge < -0.3 is 13.7 Å². The molecule has 0 atom stereocenters. The Hall–Kier alpha value is -3.93. The highest BCUT2D eigenvalue weighted by Crippen LogP contribution is 2.28. The fraction of sp³-hybridized carbons (Fsp3) is 0.158. The van der Waals surface area contributed by atoms with Crippen LogP contribution in [0.5, 0.6) is 0 Å². The first-order chi connectivity index (χ1) is 14.7. The lowest BCUT2D eigenvalue weighted by Gasteiger charge is -2.16. The summed E-state index contributed by atoms with van der Waals surface area (Å²) in [7, 11) is -3.82. The van der Waals surface area contributed by atoms with Crippen LogP contribution in [0.1, 0.15) is 12.5 Å². The number of carbonyl (C=O) groups is 2. The summed E-state index contributed by atoms with van der Waals surface area (Å²) in [6, 6.07) is 12.1. The molecule has 0 saturated carbocycles. The minimum atomic E-state index is -4.89. The number of nitro groups is 1. The molecule has 0 fully saturated rings. The number of hydrogen-bond acceptors (Lipinski definition) is 9. The molecule has 2 aromatic carbocycles. The number of nitrogens with one attached hydrogen (secondary N) is 1. The van der Waals surface area contributed by atoms with E-state index < -0.39 is 43.4 Å². The number of para-hydroxylation sites is 1. The molecule has 0 aliphatic heterocycles. The number of nitrogens with zero attached hydrogens (tertiary/aromatic N) is 1. The van der Waals surface area contributed by atoms with E-state index in [1.807, 2.05) is 0 Å². The van der Waals surface area contributed by atoms with Crippen LogP contribution in [0.25, 0.3) is 5.70 Å². The normalized spacial score (nSPS) is 11.7. The lowest BCUT2D eigenvalue weighted by Crippen LogP contribution is -2.27. The smallest absolute Gasteiger partial charge is 0.411 e. The van der Waals surface area contributed by atoms with Crippen molar-refractivity contribution in [2.24, 2.45) is 0 Å². The molecule has 0 heterocycles. The van der Waals surface area contributed by atoms with Crippen molar-refractivity contribution < 1.29 is 36.6 Å². The van der Waals surface area contributed by atoms with Crippen LogP contribution in [0.4, 0.5) is 10.5 Å². The van der Waals surface area contributed by atoms with Crippen molar-refractivity contribution >= 4 is 33.6 Å². The van der Waals surface area contributed by atoms with Crippen LogP contribution in [0.15, 0.2) is 65.3 Å². The number of amides is 1. The fourth-order valence-electron chi connectivity index (χ4n) is 2.37. The van der Waals surface area contributed by atoms with Gasteiger partial charge in [0.05, 0.1) is 18.6 Å². The zero-order valence-electron chi connectivity index (χ0n) is 16.4. The maximum Gasteiger partial charge on any atom is 0.411 e. The monoisotopic (exact) mass is 450 g/mol. The lowest BCUT2D eigenvalue weighted by atomic mass is 10.1. The van der Waals surface area contributed by atoms with Crippen LogP contribution in [-0.2, 0) is 28.6 Å². The van der Waals surface area contributed by atoms with Crippen LogP contribution in [0.3, 0.4) is 0 Å². The highest BCUT2D eigenvalue weighted by Gasteiger charge is 2.33. The van der Waals surface area contributed by atoms with Crippen molar-refractivity contribution in [2.75, 3.05) is 13.7 Å². The van der Waals surface area contributed by atoms with Gasteiger partial charge in [0.1, 0.15) is 5.70 Å². The Labute approximate surface area is 177 Å². The Morgan fingerprint density at radius 2 is 1.68 bits per heavy atom. The SMILES string of the molecule is CCOC(=O)/C(OS(=O)(=O)c1ccccc1[N+](=O)[O-])=C(\NC(=O)OC)c1ccccc1. The van der Waals surface area contributed by atoms with Gasteiger partial charge in [0.15, 0.2) is 4.90 Å². The van der Waals surface area contributed by atoms with Gasteiger partial charge >= 0.3 is 22.2 Å². The molecule has 0 aliphatic rings. The average molecular weight is 450 g/mol. The predicted octanol–water partition coefficient (Wildman–Crippen LogP) is 2.59. The second kappa shape index (κ2) is 10.2. The quantitative estimate of drug-likeness (QED) is 0.160. The summed E-state index contributed by atoms with van der Waals surface area (Å²) in [4.78, 5) is 34.0. The third-order valence-electron chi connectivity index (χ3n) is 3.69. The molecule has 0 aliphatic carbocycles. The van der Waals surface area contributed by atoms with Crippen molar-refractivity contribution in [3.8, 4) is 0 Å². The number of benzene rings is 2. The third kappa shape index (κ3) is 5.79. The number of nitro benzene ring substituents is 1. The Morgan fingerprint density at radius 3 is 2.26 bits per heavy atom. The number of methoxy groups -OCH3 is 1. The van der Waals surface area contributed by atoms with Crippen LogP contribution in [0.2, 0.25) is 0 Å². The van der Waals surface area contributed by atoms with Crippen LogP contribution >= 0.6 is 0 Å². The average Bonchev–Trinajstić information content (AvgIpc) is 2.76. The summed E-state index contributed by atoms with van der Waals surface area (Å²) in [5.41, 5.74) is -0.935. The van der Waals surface area contributed by atoms with Crippen molar-refractivity contribution in [1.82, 2.24) is 5.32 Å². The number of alkyl carbamates (subject to hydrolysis) is 1. The molecule has 0 saturated heterocycles. The Balaban J connectivity index is 2.70. The summed E-state index contributed by atoms with van der Waals surface area (Å²) < 4.78 is 40.1. The number of carbonyl (C=O) groups excluding carboxylic acids is 2. The minimum Gasteiger partial charge on any atom is -0.460 e. The Bertz CT molecular complexity index is 1110. The van der Waals surface area contributed by atoms with Gasteiger partial charge in [-0.15, -0.1) is 0 Å². The second-order valence-corrected chi connectivity index (χ2v) is 7.18. The van der Waals surface area contributed by atoms with E-state index in [0.717, 1.165) is 19.2 Å². The number of rotatable bonds is 8. The van der Waals surface area contributed by atoms with Gasteiger partial charge in [0, 0.05) is 11.6 Å². The van der Waals surface area contributed by atoms with E-state index in [0.29, 0.717) is 0 Å². The highest BCUT2D eigenvalue weighted by atomic mass is 32.2. The standard InChI is InChI=1S/C19H18N2O9S/c1-3-29-18(22)17(16(20-19(23)28-2)13-9-5-4-6-10-13)30-31(26,27)15-12-8-7-11-14(15)21(24)25/h4-12H,3H2,1-2H3,(H,20,23)/b17-16+. The maximum atomic E-state index is 12.9. The highest BCUT2D eigenvalue weighted by molar-refractivity contribution is 7.87. The molecule has 2 aromatic rings. The van der Waals surface area contributed by atoms with Crippen molar-refractivity contribution in [2.45, 2.75) is 11.8 Å². The molecule has 31 heavy (non-hydrogen) atoms. The Kier molecular flexibility index (Phi) is 7.69. The van der Waals surface area contributed by atoms with Crippen LogP contribution < -0.4 is 5.32 Å². The topological polar surface area (TPSA) is 151 Å². The van der Waals surface area contributed by atoms with Crippen molar-refractivity contribution in [3.05, 3.63) is 76.0 Å². The molecule has 0 unspecified atom stereocenters. The van der Waals surface area contributed by atoms with Crippen molar-refractivity contribution in [1.29, 1.82) is 0 Å². The van der Waals surface area contributed by atoms with Gasteiger partial charge in [-0.05, 0) is 13.0 Å². The van der Waals surface area contributed by atoms with E-state index in [4.69, 9.17) is 8.92 Å². The molecule has 0 spiro atoms. The van der Waals surface area contributed by atoms with E-state index in [1.54, 1.807) is 18.2 Å². The largest absolute Gasteiger partial charge is 0.460 e. The fourth-order valence-corrected chi connectivity index (χ4v) is 3.47. The molecule has 11 nitrogen and oxygen atoms in total. The predicted molar refractivity (Wildman–Crippen MR) is 107 cm³/mol. The molecule has 164 valence electrons. The summed E-state index contributed by atoms with van der Waals surface area (Å²) in [6.45, 7) is 1.33. The summed E-state index contributed by atoms with van der Waals surface area (Å²) >= 11 is 0. The van der Waals surface area contributed by atoms with E-state index in [9.17, 15) is 28.1 Å². The van der Waals surface area contributed by atoms with E-state index in [1.165, 1.54) is 31.2 Å². The van der Waals surface area contributed by atoms with Gasteiger partial charge in [-0.3, -0.25) is 15.4 Å². The molecule has 1 amide bonds. The molecule has 0 bridgehead atoms. The zero-order chi connectivity index (χ0) is 23.0. The van der Waals surface area contributed by atoms with Gasteiger partial charge in [0.25, 0.3) is 11.4 Å². The molecular formula is C19H18N2O9S. The molecule has 1 N–H and O–H groups in total. The first kappa shape index (κ1) is 23.3. The molecular weight excluding hydrogens is 432 g/mol. The second-order valence-electron chi connectivity index (χ2n) is 5.67. The molecule has 12 heteroatoms. The van der Waals surface area contributed by atoms with E-state index >= 15 is 0 Å². The van der Waals surface area contributed by atoms with Crippen molar-refractivity contribution in [3.63, 3.8) is 0 Å².